The number of aromatic nitrogens is 2. The Labute approximate surface area is 94.2 Å². The maximum Gasteiger partial charge on any atom is 0.153 e. The van der Waals surface area contributed by atoms with E-state index in [-0.39, 0.29) is 5.60 Å². The topological polar surface area (TPSA) is 38.2 Å². The molecule has 2 heterocycles. The molecule has 5 heteroatoms. The number of morpholine rings is 1. The summed E-state index contributed by atoms with van der Waals surface area (Å²) in [4.78, 5) is 2.21. The van der Waals surface area contributed by atoms with Gasteiger partial charge in [-0.1, -0.05) is 11.6 Å². The molecule has 0 N–H and O–H groups in total. The van der Waals surface area contributed by atoms with E-state index in [0.29, 0.717) is 5.15 Å². The van der Waals surface area contributed by atoms with Crippen molar-refractivity contribution in [2.24, 2.45) is 0 Å². The highest BCUT2D eigenvalue weighted by molar-refractivity contribution is 6.29. The van der Waals surface area contributed by atoms with Crippen molar-refractivity contribution < 1.29 is 4.74 Å². The lowest BCUT2D eigenvalue weighted by Crippen LogP contribution is -2.48. The van der Waals surface area contributed by atoms with Gasteiger partial charge in [0.25, 0.3) is 0 Å². The van der Waals surface area contributed by atoms with Crippen molar-refractivity contribution in [2.45, 2.75) is 19.4 Å². The molecular formula is C10H14ClN3O. The second-order valence-electron chi connectivity index (χ2n) is 4.27. The van der Waals surface area contributed by atoms with Crippen LogP contribution in [-0.4, -0.2) is 35.5 Å². The van der Waals surface area contributed by atoms with Gasteiger partial charge in [-0.2, -0.15) is 5.10 Å². The van der Waals surface area contributed by atoms with Gasteiger partial charge in [0, 0.05) is 19.2 Å². The van der Waals surface area contributed by atoms with E-state index in [1.807, 2.05) is 6.07 Å². The lowest BCUT2D eigenvalue weighted by atomic mass is 10.1. The van der Waals surface area contributed by atoms with E-state index in [1.165, 1.54) is 0 Å². The van der Waals surface area contributed by atoms with Gasteiger partial charge in [-0.3, -0.25) is 0 Å². The van der Waals surface area contributed by atoms with Crippen LogP contribution in [0.5, 0.6) is 0 Å². The molecule has 0 saturated carbocycles. The van der Waals surface area contributed by atoms with Crippen LogP contribution in [0.1, 0.15) is 13.8 Å². The first-order chi connectivity index (χ1) is 7.07. The number of hydrogen-bond donors (Lipinski definition) is 0. The Kier molecular flexibility index (Phi) is 2.80. The standard InChI is InChI=1S/C10H14ClN3O/c1-10(2)7-14(3-4-15-10)8-5-9(11)13-12-6-8/h5-6H,3-4,7H2,1-2H3. The molecule has 0 bridgehead atoms. The van der Waals surface area contributed by atoms with Crippen molar-refractivity contribution in [3.8, 4) is 0 Å². The smallest absolute Gasteiger partial charge is 0.153 e. The molecule has 2 rings (SSSR count). The zero-order valence-electron chi connectivity index (χ0n) is 8.90. The van der Waals surface area contributed by atoms with E-state index < -0.39 is 0 Å². The Morgan fingerprint density at radius 3 is 3.00 bits per heavy atom. The summed E-state index contributed by atoms with van der Waals surface area (Å²) in [6.07, 6.45) is 1.73. The summed E-state index contributed by atoms with van der Waals surface area (Å²) in [5.74, 6) is 0. The minimum atomic E-state index is -0.117. The molecule has 0 unspecified atom stereocenters. The fourth-order valence-corrected chi connectivity index (χ4v) is 1.90. The Morgan fingerprint density at radius 2 is 2.33 bits per heavy atom. The van der Waals surface area contributed by atoms with E-state index in [2.05, 4.69) is 28.9 Å². The molecule has 0 radical (unpaired) electrons. The van der Waals surface area contributed by atoms with Crippen molar-refractivity contribution in [1.82, 2.24) is 10.2 Å². The molecule has 15 heavy (non-hydrogen) atoms. The molecule has 1 aliphatic heterocycles. The Bertz CT molecular complexity index is 356. The third-order valence-electron chi connectivity index (χ3n) is 2.40. The van der Waals surface area contributed by atoms with E-state index in [1.54, 1.807) is 6.20 Å². The van der Waals surface area contributed by atoms with Gasteiger partial charge in [0.15, 0.2) is 5.15 Å². The molecule has 0 amide bonds. The summed E-state index contributed by atoms with van der Waals surface area (Å²) in [5, 5.41) is 8.00. The Balaban J connectivity index is 2.17. The van der Waals surface area contributed by atoms with Crippen LogP contribution < -0.4 is 4.90 Å². The maximum atomic E-state index is 5.80. The van der Waals surface area contributed by atoms with Gasteiger partial charge < -0.3 is 9.64 Å². The maximum absolute atomic E-state index is 5.80. The first-order valence-electron chi connectivity index (χ1n) is 4.94. The number of nitrogens with zero attached hydrogens (tertiary/aromatic N) is 3. The van der Waals surface area contributed by atoms with E-state index in [0.717, 1.165) is 25.4 Å². The molecule has 1 aromatic rings. The molecule has 0 spiro atoms. The molecule has 0 aromatic carbocycles. The third-order valence-corrected chi connectivity index (χ3v) is 2.59. The molecule has 82 valence electrons. The van der Waals surface area contributed by atoms with Crippen LogP contribution in [-0.2, 0) is 4.74 Å². The van der Waals surface area contributed by atoms with Crippen LogP contribution in [0, 0.1) is 0 Å². The fraction of sp³-hybridized carbons (Fsp3) is 0.600. The quantitative estimate of drug-likeness (QED) is 0.733. The van der Waals surface area contributed by atoms with Gasteiger partial charge in [0.1, 0.15) is 0 Å². The summed E-state index contributed by atoms with van der Waals surface area (Å²) in [6.45, 7) is 6.60. The van der Waals surface area contributed by atoms with Crippen molar-refractivity contribution in [2.75, 3.05) is 24.6 Å². The molecule has 1 aliphatic rings. The van der Waals surface area contributed by atoms with Gasteiger partial charge in [-0.25, -0.2) is 0 Å². The Morgan fingerprint density at radius 1 is 1.53 bits per heavy atom. The first-order valence-corrected chi connectivity index (χ1v) is 5.32. The van der Waals surface area contributed by atoms with E-state index in [4.69, 9.17) is 16.3 Å². The van der Waals surface area contributed by atoms with Crippen LogP contribution in [0.4, 0.5) is 5.69 Å². The highest BCUT2D eigenvalue weighted by Gasteiger charge is 2.27. The monoisotopic (exact) mass is 227 g/mol. The lowest BCUT2D eigenvalue weighted by Gasteiger charge is -2.39. The highest BCUT2D eigenvalue weighted by Crippen LogP contribution is 2.23. The molecular weight excluding hydrogens is 214 g/mol. The number of hydrogen-bond acceptors (Lipinski definition) is 4. The molecule has 1 aromatic heterocycles. The van der Waals surface area contributed by atoms with Gasteiger partial charge >= 0.3 is 0 Å². The largest absolute Gasteiger partial charge is 0.372 e. The van der Waals surface area contributed by atoms with Crippen molar-refractivity contribution in [3.05, 3.63) is 17.4 Å². The van der Waals surface area contributed by atoms with Crippen LogP contribution in [0.25, 0.3) is 0 Å². The average Bonchev–Trinajstić information content (AvgIpc) is 2.16. The molecule has 0 atom stereocenters. The van der Waals surface area contributed by atoms with Gasteiger partial charge in [0.05, 0.1) is 24.1 Å². The minimum Gasteiger partial charge on any atom is -0.372 e. The molecule has 4 nitrogen and oxygen atoms in total. The van der Waals surface area contributed by atoms with Crippen molar-refractivity contribution in [3.63, 3.8) is 0 Å². The van der Waals surface area contributed by atoms with Crippen LogP contribution in [0.3, 0.4) is 0 Å². The average molecular weight is 228 g/mol. The van der Waals surface area contributed by atoms with Crippen LogP contribution in [0.15, 0.2) is 12.3 Å². The van der Waals surface area contributed by atoms with Gasteiger partial charge in [-0.05, 0) is 13.8 Å². The summed E-state index contributed by atoms with van der Waals surface area (Å²) in [6, 6.07) is 1.83. The summed E-state index contributed by atoms with van der Waals surface area (Å²) in [7, 11) is 0. The van der Waals surface area contributed by atoms with E-state index in [9.17, 15) is 0 Å². The third kappa shape index (κ3) is 2.58. The number of rotatable bonds is 1. The molecule has 0 aliphatic carbocycles. The number of ether oxygens (including phenoxy) is 1. The highest BCUT2D eigenvalue weighted by atomic mass is 35.5. The van der Waals surface area contributed by atoms with Crippen LogP contribution in [0.2, 0.25) is 5.15 Å². The normalized spacial score (nSPS) is 20.3. The SMILES string of the molecule is CC1(C)CN(c2cnnc(Cl)c2)CCO1. The predicted molar refractivity (Wildman–Crippen MR) is 59.3 cm³/mol. The van der Waals surface area contributed by atoms with Gasteiger partial charge in [-0.15, -0.1) is 5.10 Å². The lowest BCUT2D eigenvalue weighted by molar-refractivity contribution is -0.0277. The summed E-state index contributed by atoms with van der Waals surface area (Å²) >= 11 is 5.80. The number of anilines is 1. The zero-order valence-corrected chi connectivity index (χ0v) is 9.66. The fourth-order valence-electron chi connectivity index (χ4n) is 1.74. The zero-order chi connectivity index (χ0) is 10.9. The molecule has 1 saturated heterocycles. The second kappa shape index (κ2) is 3.94. The second-order valence-corrected chi connectivity index (χ2v) is 4.65. The predicted octanol–water partition coefficient (Wildman–Crippen LogP) is 1.75. The van der Waals surface area contributed by atoms with Crippen molar-refractivity contribution in [1.29, 1.82) is 0 Å². The Hall–Kier alpha value is -0.870. The van der Waals surface area contributed by atoms with Crippen molar-refractivity contribution >= 4 is 17.3 Å². The number of halogens is 1. The van der Waals surface area contributed by atoms with Crippen LogP contribution >= 0.6 is 11.6 Å². The molecule has 1 fully saturated rings. The summed E-state index contributed by atoms with van der Waals surface area (Å²) in [5.41, 5.74) is 0.889. The van der Waals surface area contributed by atoms with Gasteiger partial charge in [0.2, 0.25) is 0 Å². The summed E-state index contributed by atoms with van der Waals surface area (Å²) < 4.78 is 5.64. The first kappa shape index (κ1) is 10.6. The van der Waals surface area contributed by atoms with E-state index >= 15 is 0 Å². The minimum absolute atomic E-state index is 0.117.